The van der Waals surface area contributed by atoms with Gasteiger partial charge in [-0.05, 0) is 54.6 Å². The molecule has 3 N–H and O–H groups in total. The van der Waals surface area contributed by atoms with Crippen LogP contribution in [-0.2, 0) is 4.79 Å². The lowest BCUT2D eigenvalue weighted by Crippen LogP contribution is -2.17. The van der Waals surface area contributed by atoms with Gasteiger partial charge in [0.1, 0.15) is 5.69 Å². The number of nitrogens with one attached hydrogen (secondary N) is 3. The fourth-order valence-corrected chi connectivity index (χ4v) is 2.60. The number of anilines is 3. The number of nitrogens with zero attached hydrogens (tertiary/aromatic N) is 2. The lowest BCUT2D eigenvalue weighted by Gasteiger charge is -2.09. The van der Waals surface area contributed by atoms with E-state index in [0.717, 1.165) is 0 Å². The summed E-state index contributed by atoms with van der Waals surface area (Å²) in [5.41, 5.74) is 2.35. The van der Waals surface area contributed by atoms with E-state index >= 15 is 0 Å². The molecule has 3 aromatic rings. The molecule has 0 bridgehead atoms. The number of carbonyl (C=O) groups is 3. The van der Waals surface area contributed by atoms with E-state index in [0.29, 0.717) is 22.6 Å². The molecule has 1 aromatic heterocycles. The Bertz CT molecular complexity index is 1150. The summed E-state index contributed by atoms with van der Waals surface area (Å²) in [6.45, 7) is 1.39. The van der Waals surface area contributed by atoms with Crippen molar-refractivity contribution in [3.05, 3.63) is 83.7 Å². The molecule has 0 unspecified atom stereocenters. The van der Waals surface area contributed by atoms with E-state index in [4.69, 9.17) is 5.26 Å². The third-order valence-electron chi connectivity index (χ3n) is 3.97. The highest BCUT2D eigenvalue weighted by Crippen LogP contribution is 2.16. The Labute approximate surface area is 172 Å². The van der Waals surface area contributed by atoms with E-state index in [2.05, 4.69) is 20.9 Å². The van der Waals surface area contributed by atoms with Crippen LogP contribution in [0.5, 0.6) is 0 Å². The van der Waals surface area contributed by atoms with E-state index in [-0.39, 0.29) is 17.2 Å². The van der Waals surface area contributed by atoms with Crippen LogP contribution in [-0.4, -0.2) is 22.7 Å². The first kappa shape index (κ1) is 20.2. The van der Waals surface area contributed by atoms with Crippen LogP contribution in [0.1, 0.15) is 33.3 Å². The standard InChI is InChI=1S/C22H17N5O3/c1-14(28)25-18-3-2-4-19(12-18)27-22(30)20-11-16(9-10-24-20)21(29)26-17-7-5-15(13-23)6-8-17/h2-12H,1H3,(H,25,28)(H,26,29)(H,27,30). The van der Waals surface area contributed by atoms with Crippen LogP contribution in [0.2, 0.25) is 0 Å². The molecule has 2 aromatic carbocycles. The van der Waals surface area contributed by atoms with Crippen LogP contribution in [0.25, 0.3) is 0 Å². The largest absolute Gasteiger partial charge is 0.326 e. The van der Waals surface area contributed by atoms with Crippen molar-refractivity contribution >= 4 is 34.8 Å². The summed E-state index contributed by atoms with van der Waals surface area (Å²) in [5.74, 6) is -1.13. The van der Waals surface area contributed by atoms with Gasteiger partial charge in [-0.3, -0.25) is 19.4 Å². The SMILES string of the molecule is CC(=O)Nc1cccc(NC(=O)c2cc(C(=O)Nc3ccc(C#N)cc3)ccn2)c1. The Balaban J connectivity index is 1.71. The smallest absolute Gasteiger partial charge is 0.274 e. The van der Waals surface area contributed by atoms with Crippen molar-refractivity contribution in [2.75, 3.05) is 16.0 Å². The van der Waals surface area contributed by atoms with Crippen molar-refractivity contribution in [1.29, 1.82) is 5.26 Å². The second-order valence-corrected chi connectivity index (χ2v) is 6.29. The second kappa shape index (κ2) is 9.12. The van der Waals surface area contributed by atoms with Gasteiger partial charge in [0, 0.05) is 35.7 Å². The van der Waals surface area contributed by atoms with Gasteiger partial charge in [0.05, 0.1) is 11.6 Å². The maximum atomic E-state index is 12.5. The molecule has 0 aliphatic heterocycles. The molecule has 0 spiro atoms. The highest BCUT2D eigenvalue weighted by molar-refractivity contribution is 6.08. The number of nitriles is 1. The van der Waals surface area contributed by atoms with Crippen molar-refractivity contribution in [2.24, 2.45) is 0 Å². The van der Waals surface area contributed by atoms with Gasteiger partial charge in [-0.2, -0.15) is 5.26 Å². The zero-order chi connectivity index (χ0) is 21.5. The highest BCUT2D eigenvalue weighted by atomic mass is 16.2. The summed E-state index contributed by atoms with van der Waals surface area (Å²) in [5, 5.41) is 16.9. The summed E-state index contributed by atoms with van der Waals surface area (Å²) in [6.07, 6.45) is 1.37. The molecular formula is C22H17N5O3. The molecule has 0 aliphatic carbocycles. The van der Waals surface area contributed by atoms with Crippen molar-refractivity contribution < 1.29 is 14.4 Å². The Kier molecular flexibility index (Phi) is 6.15. The van der Waals surface area contributed by atoms with Crippen LogP contribution >= 0.6 is 0 Å². The third kappa shape index (κ3) is 5.27. The molecule has 148 valence electrons. The summed E-state index contributed by atoms with van der Waals surface area (Å²) in [7, 11) is 0. The fourth-order valence-electron chi connectivity index (χ4n) is 2.60. The Morgan fingerprint density at radius 2 is 1.50 bits per heavy atom. The number of amides is 3. The van der Waals surface area contributed by atoms with Gasteiger partial charge in [-0.15, -0.1) is 0 Å². The molecule has 1 heterocycles. The van der Waals surface area contributed by atoms with E-state index in [9.17, 15) is 14.4 Å². The van der Waals surface area contributed by atoms with Gasteiger partial charge in [-0.1, -0.05) is 6.07 Å². The lowest BCUT2D eigenvalue weighted by molar-refractivity contribution is -0.114. The topological polar surface area (TPSA) is 124 Å². The molecule has 0 saturated heterocycles. The Morgan fingerprint density at radius 1 is 0.833 bits per heavy atom. The molecule has 8 heteroatoms. The fraction of sp³-hybridized carbons (Fsp3) is 0.0455. The summed E-state index contributed by atoms with van der Waals surface area (Å²) in [6, 6.07) is 18.0. The zero-order valence-corrected chi connectivity index (χ0v) is 16.0. The predicted octanol–water partition coefficient (Wildman–Crippen LogP) is 3.42. The molecule has 0 aliphatic rings. The van der Waals surface area contributed by atoms with Gasteiger partial charge in [0.2, 0.25) is 5.91 Å². The van der Waals surface area contributed by atoms with Crippen molar-refractivity contribution in [1.82, 2.24) is 4.98 Å². The second-order valence-electron chi connectivity index (χ2n) is 6.29. The van der Waals surface area contributed by atoms with Gasteiger partial charge in [0.25, 0.3) is 11.8 Å². The normalized spacial score (nSPS) is 9.87. The summed E-state index contributed by atoms with van der Waals surface area (Å²) >= 11 is 0. The average Bonchev–Trinajstić information content (AvgIpc) is 2.74. The van der Waals surface area contributed by atoms with E-state index < -0.39 is 11.8 Å². The van der Waals surface area contributed by atoms with Crippen LogP contribution in [0.15, 0.2) is 66.9 Å². The van der Waals surface area contributed by atoms with Gasteiger partial charge < -0.3 is 16.0 Å². The van der Waals surface area contributed by atoms with Crippen LogP contribution in [0.3, 0.4) is 0 Å². The van der Waals surface area contributed by atoms with Gasteiger partial charge in [-0.25, -0.2) is 0 Å². The third-order valence-corrected chi connectivity index (χ3v) is 3.97. The number of carbonyl (C=O) groups excluding carboxylic acids is 3. The van der Waals surface area contributed by atoms with Gasteiger partial charge >= 0.3 is 0 Å². The number of rotatable bonds is 5. The van der Waals surface area contributed by atoms with E-state index in [1.807, 2.05) is 6.07 Å². The Hall–Kier alpha value is -4.51. The van der Waals surface area contributed by atoms with E-state index in [1.54, 1.807) is 48.5 Å². The Morgan fingerprint density at radius 3 is 2.17 bits per heavy atom. The highest BCUT2D eigenvalue weighted by Gasteiger charge is 2.13. The minimum Gasteiger partial charge on any atom is -0.326 e. The first-order valence-electron chi connectivity index (χ1n) is 8.91. The van der Waals surface area contributed by atoms with Crippen molar-refractivity contribution in [2.45, 2.75) is 6.92 Å². The quantitative estimate of drug-likeness (QED) is 0.606. The molecule has 0 saturated carbocycles. The summed E-state index contributed by atoms with van der Waals surface area (Å²) in [4.78, 5) is 40.2. The van der Waals surface area contributed by atoms with Crippen LogP contribution in [0.4, 0.5) is 17.1 Å². The number of benzene rings is 2. The number of pyridine rings is 1. The number of hydrogen-bond donors (Lipinski definition) is 3. The van der Waals surface area contributed by atoms with Gasteiger partial charge in [0.15, 0.2) is 0 Å². The van der Waals surface area contributed by atoms with E-state index in [1.165, 1.54) is 25.3 Å². The first-order chi connectivity index (χ1) is 14.4. The lowest BCUT2D eigenvalue weighted by atomic mass is 10.2. The monoisotopic (exact) mass is 399 g/mol. The zero-order valence-electron chi connectivity index (χ0n) is 16.0. The molecule has 0 atom stereocenters. The van der Waals surface area contributed by atoms with Crippen molar-refractivity contribution in [3.63, 3.8) is 0 Å². The van der Waals surface area contributed by atoms with Crippen LogP contribution in [0, 0.1) is 11.3 Å². The maximum Gasteiger partial charge on any atom is 0.274 e. The maximum absolute atomic E-state index is 12.5. The summed E-state index contributed by atoms with van der Waals surface area (Å²) < 4.78 is 0. The van der Waals surface area contributed by atoms with Crippen LogP contribution < -0.4 is 16.0 Å². The van der Waals surface area contributed by atoms with Crippen molar-refractivity contribution in [3.8, 4) is 6.07 Å². The number of hydrogen-bond acceptors (Lipinski definition) is 5. The molecule has 8 nitrogen and oxygen atoms in total. The molecule has 30 heavy (non-hydrogen) atoms. The molecule has 0 fully saturated rings. The molecule has 3 rings (SSSR count). The first-order valence-corrected chi connectivity index (χ1v) is 8.91. The average molecular weight is 399 g/mol. The predicted molar refractivity (Wildman–Crippen MR) is 112 cm³/mol. The number of aromatic nitrogens is 1. The minimum atomic E-state index is -0.497. The molecule has 0 radical (unpaired) electrons. The molecular weight excluding hydrogens is 382 g/mol. The minimum absolute atomic E-state index is 0.0624. The molecule has 3 amide bonds.